The van der Waals surface area contributed by atoms with E-state index in [0.717, 1.165) is 30.3 Å². The van der Waals surface area contributed by atoms with E-state index in [9.17, 15) is 19.6 Å². The molecule has 11 nitrogen and oxygen atoms in total. The number of hydrogen-bond acceptors (Lipinski definition) is 8. The maximum Gasteiger partial charge on any atom is 0.469 e. The maximum absolute atomic E-state index is 12.2. The van der Waals surface area contributed by atoms with Gasteiger partial charge in [0, 0.05) is 11.8 Å². The molecule has 0 spiro atoms. The van der Waals surface area contributed by atoms with Gasteiger partial charge < -0.3 is 30.5 Å². The minimum Gasteiger partial charge on any atom is -0.387 e. The summed E-state index contributed by atoms with van der Waals surface area (Å²) in [6.45, 7) is 1.44. The van der Waals surface area contributed by atoms with Crippen molar-refractivity contribution in [2.24, 2.45) is 0 Å². The molecule has 1 aliphatic heterocycles. The minimum atomic E-state index is -4.77. The topological polar surface area (TPSA) is 177 Å². The van der Waals surface area contributed by atoms with Gasteiger partial charge >= 0.3 is 13.5 Å². The average molecular weight is 407 g/mol. The summed E-state index contributed by atoms with van der Waals surface area (Å²) in [6, 6.07) is 0. The van der Waals surface area contributed by atoms with Crippen molar-refractivity contribution in [2.75, 3.05) is 12.3 Å². The quantitative estimate of drug-likeness (QED) is 0.269. The van der Waals surface area contributed by atoms with Gasteiger partial charge in [0.1, 0.15) is 24.1 Å². The zero-order valence-corrected chi connectivity index (χ0v) is 15.9. The number of nitrogen functional groups attached to an aromatic ring is 1. The maximum atomic E-state index is 12.2. The number of aliphatic hydroxyl groups excluding tert-OH is 2. The Morgan fingerprint density at radius 2 is 2.00 bits per heavy atom. The molecule has 4 atom stereocenters. The summed E-state index contributed by atoms with van der Waals surface area (Å²) in [5.74, 6) is 0.0992. The van der Waals surface area contributed by atoms with Crippen LogP contribution in [-0.4, -0.2) is 54.5 Å². The standard InChI is InChI=1S/C15H26N3O8P/c1-2-3-4-5-6-9-7-18(15(21)17-13(9)16)14-12(20)11(19)10(26-14)8-25-27(22,23)24/h7,10-12,14,19-20H,2-6,8H2,1H3,(H2,16,17,21)(H2,22,23,24)/t10-,11-,12-,14?/m1/s1. The lowest BCUT2D eigenvalue weighted by Gasteiger charge is -2.18. The molecule has 1 aromatic rings. The molecule has 0 radical (unpaired) electrons. The van der Waals surface area contributed by atoms with Crippen molar-refractivity contribution in [1.29, 1.82) is 0 Å². The van der Waals surface area contributed by atoms with Crippen LogP contribution in [-0.2, 0) is 20.2 Å². The van der Waals surface area contributed by atoms with Crippen molar-refractivity contribution in [1.82, 2.24) is 9.55 Å². The van der Waals surface area contributed by atoms with E-state index in [-0.39, 0.29) is 5.82 Å². The number of phosphoric ester groups is 1. The fourth-order valence-corrected chi connectivity index (χ4v) is 3.25. The summed E-state index contributed by atoms with van der Waals surface area (Å²) in [6.07, 6.45) is 0.515. The Kier molecular flexibility index (Phi) is 7.52. The Morgan fingerprint density at radius 1 is 1.30 bits per heavy atom. The normalized spacial score (nSPS) is 25.8. The molecule has 2 rings (SSSR count). The van der Waals surface area contributed by atoms with Crippen LogP contribution in [0.4, 0.5) is 5.82 Å². The third-order valence-electron chi connectivity index (χ3n) is 4.38. The molecule has 0 bridgehead atoms. The highest BCUT2D eigenvalue weighted by atomic mass is 31.2. The van der Waals surface area contributed by atoms with Gasteiger partial charge in [-0.1, -0.05) is 26.2 Å². The number of ether oxygens (including phenoxy) is 1. The Bertz CT molecular complexity index is 736. The van der Waals surface area contributed by atoms with Gasteiger partial charge in [0.2, 0.25) is 0 Å². The first-order valence-corrected chi connectivity index (χ1v) is 10.3. The van der Waals surface area contributed by atoms with Crippen LogP contribution in [0.15, 0.2) is 11.0 Å². The smallest absolute Gasteiger partial charge is 0.387 e. The van der Waals surface area contributed by atoms with Gasteiger partial charge in [0.25, 0.3) is 0 Å². The summed E-state index contributed by atoms with van der Waals surface area (Å²) in [7, 11) is -4.77. The number of unbranched alkanes of at least 4 members (excludes halogenated alkanes) is 3. The average Bonchev–Trinajstić information content (AvgIpc) is 2.86. The predicted octanol–water partition coefficient (Wildman–Crippen LogP) is -0.323. The molecule has 0 aromatic carbocycles. The number of aryl methyl sites for hydroxylation is 1. The number of aromatic nitrogens is 2. The van der Waals surface area contributed by atoms with E-state index in [1.54, 1.807) is 0 Å². The zero-order valence-electron chi connectivity index (χ0n) is 15.0. The molecule has 2 heterocycles. The van der Waals surface area contributed by atoms with Crippen LogP contribution >= 0.6 is 7.82 Å². The van der Waals surface area contributed by atoms with Gasteiger partial charge in [-0.15, -0.1) is 0 Å². The predicted molar refractivity (Wildman–Crippen MR) is 94.7 cm³/mol. The van der Waals surface area contributed by atoms with Crippen molar-refractivity contribution in [2.45, 2.75) is 63.6 Å². The number of nitrogens with two attached hydrogens (primary N) is 1. The molecule has 1 unspecified atom stereocenters. The number of rotatable bonds is 9. The lowest BCUT2D eigenvalue weighted by atomic mass is 10.1. The van der Waals surface area contributed by atoms with Crippen LogP contribution < -0.4 is 11.4 Å². The van der Waals surface area contributed by atoms with E-state index in [1.165, 1.54) is 6.20 Å². The summed E-state index contributed by atoms with van der Waals surface area (Å²) >= 11 is 0. The van der Waals surface area contributed by atoms with Crippen molar-refractivity contribution in [3.63, 3.8) is 0 Å². The molecule has 1 aliphatic rings. The molecular formula is C15H26N3O8P. The highest BCUT2D eigenvalue weighted by Gasteiger charge is 2.45. The SMILES string of the molecule is CCCCCCc1cn(C2O[C@H](COP(=O)(O)O)[C@@H](O)[C@H]2O)c(=O)nc1N. The second-order valence-corrected chi connectivity index (χ2v) is 7.72. The van der Waals surface area contributed by atoms with E-state index in [4.69, 9.17) is 20.3 Å². The number of phosphoric acid groups is 1. The lowest BCUT2D eigenvalue weighted by Crippen LogP contribution is -2.36. The number of anilines is 1. The molecule has 1 aromatic heterocycles. The first-order valence-electron chi connectivity index (χ1n) is 8.73. The second kappa shape index (κ2) is 9.24. The zero-order chi connectivity index (χ0) is 20.2. The van der Waals surface area contributed by atoms with Gasteiger partial charge in [-0.3, -0.25) is 9.09 Å². The molecule has 154 valence electrons. The van der Waals surface area contributed by atoms with Gasteiger partial charge in [0.15, 0.2) is 6.23 Å². The summed E-state index contributed by atoms with van der Waals surface area (Å²) in [5, 5.41) is 20.2. The van der Waals surface area contributed by atoms with Gasteiger partial charge in [-0.05, 0) is 12.8 Å². The monoisotopic (exact) mass is 407 g/mol. The number of aliphatic hydroxyl groups is 2. The highest BCUT2D eigenvalue weighted by molar-refractivity contribution is 7.46. The fourth-order valence-electron chi connectivity index (χ4n) is 2.91. The summed E-state index contributed by atoms with van der Waals surface area (Å²) in [4.78, 5) is 33.4. The minimum absolute atomic E-state index is 0.0992. The van der Waals surface area contributed by atoms with Gasteiger partial charge in [-0.2, -0.15) is 4.98 Å². The lowest BCUT2D eigenvalue weighted by molar-refractivity contribution is -0.0543. The molecule has 1 fully saturated rings. The Morgan fingerprint density at radius 3 is 2.63 bits per heavy atom. The Hall–Kier alpha value is -1.33. The van der Waals surface area contributed by atoms with Crippen LogP contribution in [0.25, 0.3) is 0 Å². The van der Waals surface area contributed by atoms with Gasteiger partial charge in [0.05, 0.1) is 6.61 Å². The number of hydrogen-bond donors (Lipinski definition) is 5. The van der Waals surface area contributed by atoms with Crippen LogP contribution in [0.5, 0.6) is 0 Å². The van der Waals surface area contributed by atoms with E-state index in [2.05, 4.69) is 16.4 Å². The molecular weight excluding hydrogens is 381 g/mol. The molecule has 12 heteroatoms. The molecule has 0 amide bonds. The van der Waals surface area contributed by atoms with E-state index in [0.29, 0.717) is 12.0 Å². The Labute approximate surface area is 156 Å². The highest BCUT2D eigenvalue weighted by Crippen LogP contribution is 2.38. The fraction of sp³-hybridized carbons (Fsp3) is 0.733. The third kappa shape index (κ3) is 5.82. The summed E-state index contributed by atoms with van der Waals surface area (Å²) < 4.78 is 21.5. The molecule has 27 heavy (non-hydrogen) atoms. The molecule has 0 aliphatic carbocycles. The molecule has 0 saturated carbocycles. The first kappa shape index (κ1) is 22.0. The van der Waals surface area contributed by atoms with Crippen LogP contribution in [0.3, 0.4) is 0 Å². The van der Waals surface area contributed by atoms with Crippen LogP contribution in [0.1, 0.15) is 44.4 Å². The second-order valence-electron chi connectivity index (χ2n) is 6.48. The van der Waals surface area contributed by atoms with E-state index >= 15 is 0 Å². The van der Waals surface area contributed by atoms with Crippen molar-refractivity contribution >= 4 is 13.6 Å². The van der Waals surface area contributed by atoms with E-state index < -0.39 is 44.7 Å². The molecule has 1 saturated heterocycles. The largest absolute Gasteiger partial charge is 0.469 e. The van der Waals surface area contributed by atoms with Crippen LogP contribution in [0.2, 0.25) is 0 Å². The molecule has 6 N–H and O–H groups in total. The summed E-state index contributed by atoms with van der Waals surface area (Å²) in [5.41, 5.74) is 5.66. The van der Waals surface area contributed by atoms with E-state index in [1.807, 2.05) is 0 Å². The third-order valence-corrected chi connectivity index (χ3v) is 4.86. The van der Waals surface area contributed by atoms with Crippen molar-refractivity contribution < 1.29 is 33.8 Å². The van der Waals surface area contributed by atoms with Gasteiger partial charge in [-0.25, -0.2) is 9.36 Å². The van der Waals surface area contributed by atoms with Crippen molar-refractivity contribution in [3.05, 3.63) is 22.2 Å². The first-order chi connectivity index (χ1) is 12.6. The van der Waals surface area contributed by atoms with Crippen LogP contribution in [0, 0.1) is 0 Å². The van der Waals surface area contributed by atoms with Crippen molar-refractivity contribution in [3.8, 4) is 0 Å². The number of nitrogens with zero attached hydrogens (tertiary/aromatic N) is 2. The Balaban J connectivity index is 2.16.